The fourth-order valence-electron chi connectivity index (χ4n) is 2.13. The van der Waals surface area contributed by atoms with Crippen molar-refractivity contribution in [2.24, 2.45) is 0 Å². The van der Waals surface area contributed by atoms with Gasteiger partial charge >= 0.3 is 0 Å². The van der Waals surface area contributed by atoms with Crippen LogP contribution in [-0.4, -0.2) is 17.9 Å². The summed E-state index contributed by atoms with van der Waals surface area (Å²) in [6.45, 7) is 5.47. The molecule has 5 heteroatoms. The minimum absolute atomic E-state index is 0.0273. The van der Waals surface area contributed by atoms with Crippen molar-refractivity contribution >= 4 is 17.5 Å². The Bertz CT molecular complexity index is 742. The van der Waals surface area contributed by atoms with Gasteiger partial charge in [0.2, 0.25) is 0 Å². The highest BCUT2D eigenvalue weighted by Crippen LogP contribution is 2.18. The Hall–Kier alpha value is -2.69. The molecule has 0 aromatic heterocycles. The number of carbonyl (C=O) groups excluding carboxylic acids is 2. The number of hydrogen-bond acceptors (Lipinski definition) is 2. The van der Waals surface area contributed by atoms with Gasteiger partial charge in [-0.1, -0.05) is 23.8 Å². The van der Waals surface area contributed by atoms with Crippen molar-refractivity contribution in [2.75, 3.05) is 5.32 Å². The van der Waals surface area contributed by atoms with Crippen molar-refractivity contribution in [3.63, 3.8) is 0 Å². The molecule has 120 valence electrons. The minimum Gasteiger partial charge on any atom is -0.350 e. The summed E-state index contributed by atoms with van der Waals surface area (Å²) in [5.74, 6) is -1.48. The molecule has 0 radical (unpaired) electrons. The molecule has 2 aromatic carbocycles. The van der Waals surface area contributed by atoms with Gasteiger partial charge in [0.25, 0.3) is 11.8 Å². The molecule has 0 fully saturated rings. The highest BCUT2D eigenvalue weighted by Gasteiger charge is 2.16. The van der Waals surface area contributed by atoms with Crippen molar-refractivity contribution in [1.82, 2.24) is 5.32 Å². The number of aryl methyl sites for hydroxylation is 1. The Morgan fingerprint density at radius 2 is 1.70 bits per heavy atom. The summed E-state index contributed by atoms with van der Waals surface area (Å²) in [5, 5.41) is 5.38. The molecule has 2 rings (SSSR count). The highest BCUT2D eigenvalue weighted by molar-refractivity contribution is 6.09. The molecule has 2 amide bonds. The number of carbonyl (C=O) groups is 2. The van der Waals surface area contributed by atoms with E-state index in [1.807, 2.05) is 13.8 Å². The first-order valence-corrected chi connectivity index (χ1v) is 7.36. The third-order valence-corrected chi connectivity index (χ3v) is 3.21. The molecular formula is C18H19FN2O2. The summed E-state index contributed by atoms with van der Waals surface area (Å²) >= 11 is 0. The van der Waals surface area contributed by atoms with Crippen LogP contribution in [0.3, 0.4) is 0 Å². The second-order valence-corrected chi connectivity index (χ2v) is 5.61. The summed E-state index contributed by atoms with van der Waals surface area (Å²) in [4.78, 5) is 24.5. The van der Waals surface area contributed by atoms with Crippen molar-refractivity contribution < 1.29 is 14.0 Å². The molecule has 0 aliphatic carbocycles. The van der Waals surface area contributed by atoms with E-state index in [1.165, 1.54) is 12.1 Å². The van der Waals surface area contributed by atoms with Gasteiger partial charge in [-0.3, -0.25) is 9.59 Å². The number of amides is 2. The Morgan fingerprint density at radius 3 is 2.39 bits per heavy atom. The van der Waals surface area contributed by atoms with Gasteiger partial charge in [-0.2, -0.15) is 0 Å². The van der Waals surface area contributed by atoms with E-state index in [1.54, 1.807) is 37.3 Å². The van der Waals surface area contributed by atoms with Crippen LogP contribution in [0.5, 0.6) is 0 Å². The van der Waals surface area contributed by atoms with Gasteiger partial charge in [0.15, 0.2) is 0 Å². The highest BCUT2D eigenvalue weighted by atomic mass is 19.1. The van der Waals surface area contributed by atoms with Crippen LogP contribution in [0.15, 0.2) is 42.5 Å². The summed E-state index contributed by atoms with van der Waals surface area (Å²) in [6.07, 6.45) is 0. The quantitative estimate of drug-likeness (QED) is 0.907. The number of hydrogen-bond donors (Lipinski definition) is 2. The first-order valence-electron chi connectivity index (χ1n) is 7.36. The van der Waals surface area contributed by atoms with Crippen molar-refractivity contribution in [3.05, 3.63) is 65.0 Å². The van der Waals surface area contributed by atoms with E-state index in [0.717, 1.165) is 5.56 Å². The second kappa shape index (κ2) is 7.05. The largest absolute Gasteiger partial charge is 0.350 e. The van der Waals surface area contributed by atoms with Gasteiger partial charge in [0.1, 0.15) is 5.82 Å². The molecule has 0 heterocycles. The predicted octanol–water partition coefficient (Wildman–Crippen LogP) is 3.52. The molecule has 2 aromatic rings. The van der Waals surface area contributed by atoms with Crippen molar-refractivity contribution in [1.29, 1.82) is 0 Å². The van der Waals surface area contributed by atoms with Crippen molar-refractivity contribution in [2.45, 2.75) is 26.8 Å². The van der Waals surface area contributed by atoms with Crippen LogP contribution in [-0.2, 0) is 0 Å². The maximum Gasteiger partial charge on any atom is 0.258 e. The third-order valence-electron chi connectivity index (χ3n) is 3.21. The Labute approximate surface area is 134 Å². The zero-order chi connectivity index (χ0) is 17.0. The fourth-order valence-corrected chi connectivity index (χ4v) is 2.13. The van der Waals surface area contributed by atoms with Crippen LogP contribution < -0.4 is 10.6 Å². The Kier molecular flexibility index (Phi) is 5.11. The molecule has 0 bridgehead atoms. The zero-order valence-corrected chi connectivity index (χ0v) is 13.3. The fraction of sp³-hybridized carbons (Fsp3) is 0.222. The van der Waals surface area contributed by atoms with E-state index < -0.39 is 11.7 Å². The average molecular weight is 314 g/mol. The minimum atomic E-state index is -0.600. The topological polar surface area (TPSA) is 58.2 Å². The monoisotopic (exact) mass is 314 g/mol. The summed E-state index contributed by atoms with van der Waals surface area (Å²) < 4.78 is 13.8. The first-order chi connectivity index (χ1) is 10.9. The van der Waals surface area contributed by atoms with Gasteiger partial charge in [-0.15, -0.1) is 0 Å². The smallest absolute Gasteiger partial charge is 0.258 e. The number of para-hydroxylation sites is 1. The maximum absolute atomic E-state index is 13.8. The van der Waals surface area contributed by atoms with E-state index in [9.17, 15) is 14.0 Å². The van der Waals surface area contributed by atoms with Gasteiger partial charge in [0, 0.05) is 6.04 Å². The SMILES string of the molecule is Cc1ccc(F)c(C(=O)Nc2ccccc2C(=O)NC(C)C)c1. The van der Waals surface area contributed by atoms with Gasteiger partial charge < -0.3 is 10.6 Å². The number of benzene rings is 2. The van der Waals surface area contributed by atoms with Crippen LogP contribution in [0.4, 0.5) is 10.1 Å². The van der Waals surface area contributed by atoms with Crippen LogP contribution in [0, 0.1) is 12.7 Å². The summed E-state index contributed by atoms with van der Waals surface area (Å²) in [6, 6.07) is 10.9. The molecular weight excluding hydrogens is 295 g/mol. The number of halogens is 1. The van der Waals surface area contributed by atoms with Crippen LogP contribution >= 0.6 is 0 Å². The molecule has 0 saturated carbocycles. The third kappa shape index (κ3) is 4.16. The number of nitrogens with one attached hydrogen (secondary N) is 2. The normalized spacial score (nSPS) is 10.5. The first kappa shape index (κ1) is 16.7. The van der Waals surface area contributed by atoms with Crippen LogP contribution in [0.2, 0.25) is 0 Å². The molecule has 4 nitrogen and oxygen atoms in total. The number of anilines is 1. The van der Waals surface area contributed by atoms with Gasteiger partial charge in [-0.05, 0) is 45.0 Å². The van der Waals surface area contributed by atoms with E-state index in [-0.39, 0.29) is 17.5 Å². The number of rotatable bonds is 4. The van der Waals surface area contributed by atoms with Crippen molar-refractivity contribution in [3.8, 4) is 0 Å². The molecule has 0 atom stereocenters. The van der Waals surface area contributed by atoms with Crippen LogP contribution in [0.25, 0.3) is 0 Å². The summed E-state index contributed by atoms with van der Waals surface area (Å²) in [5.41, 5.74) is 1.41. The molecule has 0 saturated heterocycles. The molecule has 0 aliphatic rings. The lowest BCUT2D eigenvalue weighted by Gasteiger charge is -2.13. The zero-order valence-electron chi connectivity index (χ0n) is 13.3. The molecule has 0 aliphatic heterocycles. The summed E-state index contributed by atoms with van der Waals surface area (Å²) in [7, 11) is 0. The molecule has 0 spiro atoms. The molecule has 0 unspecified atom stereocenters. The van der Waals surface area contributed by atoms with Crippen LogP contribution in [0.1, 0.15) is 40.1 Å². The molecule has 2 N–H and O–H groups in total. The van der Waals surface area contributed by atoms with Gasteiger partial charge in [0.05, 0.1) is 16.8 Å². The maximum atomic E-state index is 13.8. The molecule has 23 heavy (non-hydrogen) atoms. The van der Waals surface area contributed by atoms with E-state index in [0.29, 0.717) is 11.3 Å². The lowest BCUT2D eigenvalue weighted by molar-refractivity contribution is 0.0944. The Balaban J connectivity index is 2.28. The van der Waals surface area contributed by atoms with E-state index in [2.05, 4.69) is 10.6 Å². The van der Waals surface area contributed by atoms with E-state index >= 15 is 0 Å². The predicted molar refractivity (Wildman–Crippen MR) is 88.1 cm³/mol. The van der Waals surface area contributed by atoms with Gasteiger partial charge in [-0.25, -0.2) is 4.39 Å². The van der Waals surface area contributed by atoms with E-state index in [4.69, 9.17) is 0 Å². The lowest BCUT2D eigenvalue weighted by Crippen LogP contribution is -2.31. The standard InChI is InChI=1S/C18H19FN2O2/c1-11(2)20-17(22)13-6-4-5-7-16(13)21-18(23)14-10-12(3)8-9-15(14)19/h4-11H,1-3H3,(H,20,22)(H,21,23). The average Bonchev–Trinajstić information content (AvgIpc) is 2.49. The lowest BCUT2D eigenvalue weighted by atomic mass is 10.1. The Morgan fingerprint density at radius 1 is 1.00 bits per heavy atom. The second-order valence-electron chi connectivity index (χ2n) is 5.61.